The summed E-state index contributed by atoms with van der Waals surface area (Å²) in [7, 11) is 1.68. The maximum Gasteiger partial charge on any atom is 0.120 e. The van der Waals surface area contributed by atoms with Crippen LogP contribution in [0.2, 0.25) is 0 Å². The number of ether oxygens (including phenoxy) is 1. The Morgan fingerprint density at radius 1 is 1.53 bits per heavy atom. The van der Waals surface area contributed by atoms with Crippen LogP contribution in [-0.2, 0) is 16.1 Å². The molecule has 0 spiro atoms. The molecule has 1 rings (SSSR count). The maximum atomic E-state index is 10.5. The molecule has 3 heteroatoms. The summed E-state index contributed by atoms with van der Waals surface area (Å²) in [6, 6.07) is 6.01. The standard InChI is InChI=1S/C12H15BrO2/c1-9(6-7-14)12-10(8-15-2)4-3-5-11(12)13/h3-5,7,9H,6,8H2,1-2H3. The van der Waals surface area contributed by atoms with Gasteiger partial charge in [0.25, 0.3) is 0 Å². The molecule has 0 aliphatic heterocycles. The molecule has 0 saturated carbocycles. The molecule has 82 valence electrons. The second-order valence-electron chi connectivity index (χ2n) is 3.55. The molecule has 1 aromatic carbocycles. The molecule has 0 amide bonds. The number of halogens is 1. The van der Waals surface area contributed by atoms with Crippen LogP contribution in [0.25, 0.3) is 0 Å². The van der Waals surface area contributed by atoms with Gasteiger partial charge in [-0.25, -0.2) is 0 Å². The van der Waals surface area contributed by atoms with Crippen molar-refractivity contribution >= 4 is 22.2 Å². The smallest absolute Gasteiger partial charge is 0.120 e. The molecule has 0 aliphatic carbocycles. The molecule has 15 heavy (non-hydrogen) atoms. The number of rotatable bonds is 5. The molecular weight excluding hydrogens is 256 g/mol. The van der Waals surface area contributed by atoms with Gasteiger partial charge in [0.2, 0.25) is 0 Å². The number of hydrogen-bond donors (Lipinski definition) is 0. The summed E-state index contributed by atoms with van der Waals surface area (Å²) in [6.45, 7) is 2.63. The first-order valence-corrected chi connectivity index (χ1v) is 5.69. The Hall–Kier alpha value is -0.670. The summed E-state index contributed by atoms with van der Waals surface area (Å²) in [5, 5.41) is 0. The Kier molecular flexibility index (Phi) is 4.99. The summed E-state index contributed by atoms with van der Waals surface area (Å²) in [4.78, 5) is 10.5. The minimum atomic E-state index is 0.225. The number of carbonyl (C=O) groups is 1. The van der Waals surface area contributed by atoms with Gasteiger partial charge in [-0.1, -0.05) is 35.0 Å². The van der Waals surface area contributed by atoms with Crippen molar-refractivity contribution in [2.24, 2.45) is 0 Å². The fraction of sp³-hybridized carbons (Fsp3) is 0.417. The van der Waals surface area contributed by atoms with Gasteiger partial charge in [0.05, 0.1) is 6.61 Å². The lowest BCUT2D eigenvalue weighted by molar-refractivity contribution is -0.108. The van der Waals surface area contributed by atoms with Crippen molar-refractivity contribution in [3.63, 3.8) is 0 Å². The molecule has 0 aromatic heterocycles. The van der Waals surface area contributed by atoms with Gasteiger partial charge in [0.1, 0.15) is 6.29 Å². The van der Waals surface area contributed by atoms with E-state index in [2.05, 4.69) is 15.9 Å². The molecular formula is C12H15BrO2. The van der Waals surface area contributed by atoms with Crippen LogP contribution in [-0.4, -0.2) is 13.4 Å². The summed E-state index contributed by atoms with van der Waals surface area (Å²) < 4.78 is 6.19. The Morgan fingerprint density at radius 2 is 2.27 bits per heavy atom. The van der Waals surface area contributed by atoms with E-state index in [1.54, 1.807) is 7.11 Å². The van der Waals surface area contributed by atoms with Gasteiger partial charge in [-0.05, 0) is 23.1 Å². The van der Waals surface area contributed by atoms with Crippen LogP contribution in [0, 0.1) is 0 Å². The second-order valence-corrected chi connectivity index (χ2v) is 4.40. The van der Waals surface area contributed by atoms with E-state index < -0.39 is 0 Å². The molecule has 1 aromatic rings. The van der Waals surface area contributed by atoms with Crippen LogP contribution in [0.15, 0.2) is 22.7 Å². The van der Waals surface area contributed by atoms with E-state index in [9.17, 15) is 4.79 Å². The molecule has 0 N–H and O–H groups in total. The van der Waals surface area contributed by atoms with Gasteiger partial charge in [0.15, 0.2) is 0 Å². The van der Waals surface area contributed by atoms with Gasteiger partial charge in [-0.15, -0.1) is 0 Å². The zero-order chi connectivity index (χ0) is 11.3. The third kappa shape index (κ3) is 3.14. The van der Waals surface area contributed by atoms with E-state index in [0.717, 1.165) is 16.3 Å². The van der Waals surface area contributed by atoms with Crippen LogP contribution < -0.4 is 0 Å². The third-order valence-corrected chi connectivity index (χ3v) is 3.08. The van der Waals surface area contributed by atoms with Crippen molar-refractivity contribution in [3.8, 4) is 0 Å². The summed E-state index contributed by atoms with van der Waals surface area (Å²) in [5.74, 6) is 0.225. The highest BCUT2D eigenvalue weighted by atomic mass is 79.9. The van der Waals surface area contributed by atoms with Crippen molar-refractivity contribution in [2.45, 2.75) is 25.9 Å². The molecule has 0 aliphatic rings. The van der Waals surface area contributed by atoms with Gasteiger partial charge in [-0.3, -0.25) is 0 Å². The zero-order valence-electron chi connectivity index (χ0n) is 9.00. The summed E-state index contributed by atoms with van der Waals surface area (Å²) in [5.41, 5.74) is 2.31. The number of carbonyl (C=O) groups excluding carboxylic acids is 1. The number of methoxy groups -OCH3 is 1. The first-order valence-electron chi connectivity index (χ1n) is 4.90. The first-order chi connectivity index (χ1) is 7.20. The SMILES string of the molecule is COCc1cccc(Br)c1C(C)CC=O. The van der Waals surface area contributed by atoms with Crippen LogP contribution >= 0.6 is 15.9 Å². The van der Waals surface area contributed by atoms with Crippen molar-refractivity contribution < 1.29 is 9.53 Å². The van der Waals surface area contributed by atoms with Crippen LogP contribution in [0.3, 0.4) is 0 Å². The third-order valence-electron chi connectivity index (χ3n) is 2.39. The quantitative estimate of drug-likeness (QED) is 0.768. The zero-order valence-corrected chi connectivity index (χ0v) is 10.6. The molecule has 0 bridgehead atoms. The average Bonchev–Trinajstić information content (AvgIpc) is 2.18. The summed E-state index contributed by atoms with van der Waals surface area (Å²) >= 11 is 3.52. The van der Waals surface area contributed by atoms with Gasteiger partial charge >= 0.3 is 0 Å². The summed E-state index contributed by atoms with van der Waals surface area (Å²) in [6.07, 6.45) is 1.50. The minimum Gasteiger partial charge on any atom is -0.380 e. The van der Waals surface area contributed by atoms with Crippen molar-refractivity contribution in [1.82, 2.24) is 0 Å². The van der Waals surface area contributed by atoms with Crippen LogP contribution in [0.5, 0.6) is 0 Å². The lowest BCUT2D eigenvalue weighted by Gasteiger charge is -2.15. The highest BCUT2D eigenvalue weighted by molar-refractivity contribution is 9.10. The monoisotopic (exact) mass is 270 g/mol. The fourth-order valence-corrected chi connectivity index (χ4v) is 2.48. The van der Waals surface area contributed by atoms with Crippen LogP contribution in [0.1, 0.15) is 30.4 Å². The molecule has 0 fully saturated rings. The predicted octanol–water partition coefficient (Wildman–Crippen LogP) is 3.29. The first kappa shape index (κ1) is 12.4. The van der Waals surface area contributed by atoms with Crippen molar-refractivity contribution in [3.05, 3.63) is 33.8 Å². The number of hydrogen-bond acceptors (Lipinski definition) is 2. The van der Waals surface area contributed by atoms with Gasteiger partial charge in [-0.2, -0.15) is 0 Å². The Bertz CT molecular complexity index is 336. The average molecular weight is 271 g/mol. The van der Waals surface area contributed by atoms with Crippen molar-refractivity contribution in [2.75, 3.05) is 7.11 Å². The van der Waals surface area contributed by atoms with Gasteiger partial charge < -0.3 is 9.53 Å². The molecule has 1 unspecified atom stereocenters. The van der Waals surface area contributed by atoms with Crippen LogP contribution in [0.4, 0.5) is 0 Å². The Morgan fingerprint density at radius 3 is 2.87 bits per heavy atom. The molecule has 0 saturated heterocycles. The maximum absolute atomic E-state index is 10.5. The van der Waals surface area contributed by atoms with E-state index in [-0.39, 0.29) is 5.92 Å². The largest absolute Gasteiger partial charge is 0.380 e. The molecule has 1 atom stereocenters. The van der Waals surface area contributed by atoms with E-state index in [0.29, 0.717) is 13.0 Å². The topological polar surface area (TPSA) is 26.3 Å². The normalized spacial score (nSPS) is 12.5. The Labute approximate surface area is 98.8 Å². The Balaban J connectivity index is 3.05. The minimum absolute atomic E-state index is 0.225. The predicted molar refractivity (Wildman–Crippen MR) is 64.0 cm³/mol. The molecule has 2 nitrogen and oxygen atoms in total. The number of benzene rings is 1. The van der Waals surface area contributed by atoms with Crippen molar-refractivity contribution in [1.29, 1.82) is 0 Å². The lowest BCUT2D eigenvalue weighted by Crippen LogP contribution is -2.02. The van der Waals surface area contributed by atoms with E-state index >= 15 is 0 Å². The lowest BCUT2D eigenvalue weighted by atomic mass is 9.94. The van der Waals surface area contributed by atoms with E-state index in [1.165, 1.54) is 5.56 Å². The molecule has 0 heterocycles. The van der Waals surface area contributed by atoms with E-state index in [1.807, 2.05) is 25.1 Å². The fourth-order valence-electron chi connectivity index (χ4n) is 1.68. The second kappa shape index (κ2) is 6.03. The number of aldehydes is 1. The van der Waals surface area contributed by atoms with Gasteiger partial charge in [0, 0.05) is 18.0 Å². The highest BCUT2D eigenvalue weighted by Crippen LogP contribution is 2.30. The highest BCUT2D eigenvalue weighted by Gasteiger charge is 2.13. The van der Waals surface area contributed by atoms with E-state index in [4.69, 9.17) is 4.74 Å². The molecule has 0 radical (unpaired) electrons.